The number of carbonyl (C=O) groups is 1. The van der Waals surface area contributed by atoms with Gasteiger partial charge in [-0.1, -0.05) is 36.7 Å². The van der Waals surface area contributed by atoms with Crippen molar-refractivity contribution in [3.8, 4) is 18.1 Å². The second-order valence-electron chi connectivity index (χ2n) is 8.86. The molecule has 1 unspecified atom stereocenters. The second-order valence-corrected chi connectivity index (χ2v) is 9.67. The molecule has 1 saturated carbocycles. The molecule has 1 atom stereocenters. The minimum Gasteiger partial charge on any atom is -0.455 e. The van der Waals surface area contributed by atoms with Crippen molar-refractivity contribution in [3.05, 3.63) is 58.1 Å². The first-order valence-corrected chi connectivity index (χ1v) is 12.1. The van der Waals surface area contributed by atoms with E-state index in [0.717, 1.165) is 6.20 Å². The van der Waals surface area contributed by atoms with Crippen LogP contribution in [-0.2, 0) is 14.4 Å². The first kappa shape index (κ1) is 30.4. The van der Waals surface area contributed by atoms with Crippen molar-refractivity contribution in [2.24, 2.45) is 16.9 Å². The van der Waals surface area contributed by atoms with Crippen molar-refractivity contribution in [1.29, 1.82) is 0 Å². The van der Waals surface area contributed by atoms with Gasteiger partial charge in [-0.25, -0.2) is 14.0 Å². The normalized spacial score (nSPS) is 19.5. The quantitative estimate of drug-likeness (QED) is 0.104. The molecule has 1 aromatic rings. The number of hydrogen-bond acceptors (Lipinski definition) is 7. The van der Waals surface area contributed by atoms with Crippen molar-refractivity contribution >= 4 is 52.4 Å². The molecule has 0 heterocycles. The molecule has 1 fully saturated rings. The van der Waals surface area contributed by atoms with E-state index in [1.54, 1.807) is 20.0 Å². The molecule has 0 saturated heterocycles. The number of ether oxygens (including phenoxy) is 1. The van der Waals surface area contributed by atoms with Gasteiger partial charge < -0.3 is 15.4 Å². The van der Waals surface area contributed by atoms with Crippen molar-refractivity contribution < 1.29 is 23.5 Å². The maximum Gasteiger partial charge on any atom is 0.284 e. The summed E-state index contributed by atoms with van der Waals surface area (Å²) in [6, 6.07) is 2.95. The standard InChI is InChI=1S/C27H27Cl2FN4O4/c1-7-23(26(37)32-8-9-35)33-34(6)19-11-21(28)25(22(29)12-19)38-16(2)10-20(24(15-36)31-5)17(3)18-13-27(4,30)14-18/h1,8,10-12,17-18,31H,2,13-14H2,3-6H3,(H,32,37)/b20-10-,33-23-. The van der Waals surface area contributed by atoms with E-state index in [1.807, 2.05) is 12.9 Å². The fourth-order valence-electron chi connectivity index (χ4n) is 4.00. The fourth-order valence-corrected chi connectivity index (χ4v) is 4.56. The highest BCUT2D eigenvalue weighted by molar-refractivity contribution is 6.46. The summed E-state index contributed by atoms with van der Waals surface area (Å²) in [7, 11) is 3.09. The van der Waals surface area contributed by atoms with Gasteiger partial charge in [0.15, 0.2) is 11.5 Å². The van der Waals surface area contributed by atoms with Gasteiger partial charge in [-0.3, -0.25) is 9.80 Å². The molecule has 1 aromatic carbocycles. The number of halogens is 3. The molecule has 0 radical (unpaired) electrons. The summed E-state index contributed by atoms with van der Waals surface area (Å²) in [5, 5.41) is 10.4. The van der Waals surface area contributed by atoms with Gasteiger partial charge in [0.1, 0.15) is 29.0 Å². The molecule has 200 valence electrons. The first-order chi connectivity index (χ1) is 17.9. The molecule has 11 heteroatoms. The van der Waals surface area contributed by atoms with Gasteiger partial charge in [0.25, 0.3) is 5.91 Å². The van der Waals surface area contributed by atoms with Crippen LogP contribution in [0.1, 0.15) is 26.7 Å². The fraction of sp³-hybridized carbons (Fsp3) is 0.333. The van der Waals surface area contributed by atoms with Crippen LogP contribution in [0, 0.1) is 24.2 Å². The molecule has 0 aliphatic heterocycles. The zero-order chi connectivity index (χ0) is 28.6. The van der Waals surface area contributed by atoms with Gasteiger partial charge in [-0.2, -0.15) is 5.10 Å². The number of alkyl halides is 1. The topological polar surface area (TPSA) is 100 Å². The summed E-state index contributed by atoms with van der Waals surface area (Å²) in [5.74, 6) is 4.71. The molecule has 0 spiro atoms. The van der Waals surface area contributed by atoms with E-state index < -0.39 is 11.6 Å². The van der Waals surface area contributed by atoms with E-state index in [4.69, 9.17) is 34.4 Å². The molecule has 2 N–H and O–H groups in total. The van der Waals surface area contributed by atoms with E-state index in [0.29, 0.717) is 24.1 Å². The number of terminal acetylenes is 1. The summed E-state index contributed by atoms with van der Waals surface area (Å²) >= 11 is 12.8. The maximum absolute atomic E-state index is 14.1. The summed E-state index contributed by atoms with van der Waals surface area (Å²) in [6.07, 6.45) is 8.42. The third kappa shape index (κ3) is 7.61. The van der Waals surface area contributed by atoms with Gasteiger partial charge in [0.05, 0.1) is 21.9 Å². The van der Waals surface area contributed by atoms with Crippen LogP contribution < -0.4 is 20.4 Å². The molecule has 1 aliphatic carbocycles. The van der Waals surface area contributed by atoms with Crippen LogP contribution in [0.3, 0.4) is 0 Å². The van der Waals surface area contributed by atoms with Crippen molar-refractivity contribution in [2.75, 3.05) is 19.1 Å². The number of likely N-dealkylation sites (N-methyl/N-ethyl adjacent to an activating group) is 1. The van der Waals surface area contributed by atoms with Gasteiger partial charge >= 0.3 is 0 Å². The van der Waals surface area contributed by atoms with Gasteiger partial charge in [-0.05, 0) is 61.3 Å². The van der Waals surface area contributed by atoms with Crippen LogP contribution in [0.2, 0.25) is 10.0 Å². The Balaban J connectivity index is 2.31. The Morgan fingerprint density at radius 1 is 1.37 bits per heavy atom. The summed E-state index contributed by atoms with van der Waals surface area (Å²) in [6.45, 7) is 7.36. The van der Waals surface area contributed by atoms with E-state index in [2.05, 4.69) is 28.2 Å². The van der Waals surface area contributed by atoms with Crippen LogP contribution in [0.25, 0.3) is 0 Å². The molecular formula is C27H27Cl2FN4O4. The average Bonchev–Trinajstić information content (AvgIpc) is 2.85. The number of benzene rings is 1. The van der Waals surface area contributed by atoms with E-state index in [-0.39, 0.29) is 44.8 Å². The number of nitrogens with zero attached hydrogens (tertiary/aromatic N) is 2. The Kier molecular flexibility index (Phi) is 10.5. The number of allylic oxidation sites excluding steroid dienone is 2. The van der Waals surface area contributed by atoms with Crippen LogP contribution in [0.5, 0.6) is 5.75 Å². The zero-order valence-corrected chi connectivity index (χ0v) is 22.8. The largest absolute Gasteiger partial charge is 0.455 e. The van der Waals surface area contributed by atoms with Gasteiger partial charge in [0, 0.05) is 14.1 Å². The van der Waals surface area contributed by atoms with Crippen molar-refractivity contribution in [1.82, 2.24) is 10.6 Å². The molecule has 38 heavy (non-hydrogen) atoms. The minimum absolute atomic E-state index is 0.0349. The van der Waals surface area contributed by atoms with E-state index in [1.165, 1.54) is 30.1 Å². The number of hydrazone groups is 1. The summed E-state index contributed by atoms with van der Waals surface area (Å²) < 4.78 is 19.9. The predicted octanol–water partition coefficient (Wildman–Crippen LogP) is 4.41. The molecule has 2 rings (SSSR count). The van der Waals surface area contributed by atoms with Crippen LogP contribution >= 0.6 is 23.2 Å². The summed E-state index contributed by atoms with van der Waals surface area (Å²) in [4.78, 5) is 33.8. The van der Waals surface area contributed by atoms with Crippen LogP contribution in [0.4, 0.5) is 10.1 Å². The zero-order valence-electron chi connectivity index (χ0n) is 21.3. The van der Waals surface area contributed by atoms with E-state index in [9.17, 15) is 18.8 Å². The Bertz CT molecular complexity index is 1290. The lowest BCUT2D eigenvalue weighted by molar-refractivity contribution is -0.113. The van der Waals surface area contributed by atoms with Crippen molar-refractivity contribution in [3.63, 3.8) is 0 Å². The molecule has 0 bridgehead atoms. The lowest BCUT2D eigenvalue weighted by Crippen LogP contribution is -2.41. The smallest absolute Gasteiger partial charge is 0.284 e. The molecule has 1 amide bonds. The van der Waals surface area contributed by atoms with Crippen molar-refractivity contribution in [2.45, 2.75) is 32.4 Å². The van der Waals surface area contributed by atoms with Crippen LogP contribution in [-0.4, -0.2) is 43.3 Å². The second kappa shape index (κ2) is 13.1. The monoisotopic (exact) mass is 560 g/mol. The SMILES string of the molecule is C#C/C(=N/N(C)c1cc(Cl)c(OC(=C)/C=C(\C(=C=O)NC)C(C)C2CC(C)(F)C2)c(Cl)c1)C(=O)NC=C=O. The Hall–Kier alpha value is -3.79. The summed E-state index contributed by atoms with van der Waals surface area (Å²) in [5.41, 5.74) is -0.390. The number of nitrogens with one attached hydrogen (secondary N) is 2. The lowest BCUT2D eigenvalue weighted by Gasteiger charge is -2.43. The Morgan fingerprint density at radius 2 is 1.97 bits per heavy atom. The first-order valence-electron chi connectivity index (χ1n) is 11.4. The average molecular weight is 561 g/mol. The van der Waals surface area contributed by atoms with E-state index >= 15 is 0 Å². The predicted molar refractivity (Wildman–Crippen MR) is 147 cm³/mol. The molecule has 1 aliphatic rings. The van der Waals surface area contributed by atoms with Crippen LogP contribution in [0.15, 0.2) is 53.1 Å². The maximum atomic E-state index is 14.1. The number of carbonyl (C=O) groups excluding carboxylic acids is 3. The molecule has 8 nitrogen and oxygen atoms in total. The Morgan fingerprint density at radius 3 is 2.45 bits per heavy atom. The molecular weight excluding hydrogens is 534 g/mol. The van der Waals surface area contributed by atoms with Gasteiger partial charge in [0.2, 0.25) is 0 Å². The third-order valence-electron chi connectivity index (χ3n) is 5.98. The highest BCUT2D eigenvalue weighted by atomic mass is 35.5. The third-order valence-corrected chi connectivity index (χ3v) is 6.55. The number of amides is 1. The highest BCUT2D eigenvalue weighted by Gasteiger charge is 2.44. The minimum atomic E-state index is -1.22. The Labute approximate surface area is 230 Å². The number of rotatable bonds is 11. The number of anilines is 1. The molecule has 0 aromatic heterocycles. The highest BCUT2D eigenvalue weighted by Crippen LogP contribution is 2.47. The number of hydrogen-bond donors (Lipinski definition) is 2. The van der Waals surface area contributed by atoms with Gasteiger partial charge in [-0.15, -0.1) is 6.42 Å². The lowest BCUT2D eigenvalue weighted by atomic mass is 9.65.